The van der Waals surface area contributed by atoms with Gasteiger partial charge in [-0.05, 0) is 23.3 Å². The minimum Gasteiger partial charge on any atom is -0.486 e. The molecule has 1 aliphatic rings. The van der Waals surface area contributed by atoms with Gasteiger partial charge in [0.15, 0.2) is 11.5 Å². The number of benzene rings is 3. The maximum atomic E-state index is 6.00. The molecule has 28 heavy (non-hydrogen) atoms. The van der Waals surface area contributed by atoms with Crippen molar-refractivity contribution in [1.29, 1.82) is 0 Å². The first kappa shape index (κ1) is 18.9. The molecule has 0 saturated carbocycles. The Hall–Kier alpha value is -2.43. The molecule has 4 heteroatoms. The number of ether oxygens (including phenoxy) is 2. The normalized spacial score (nSPS) is 15.5. The van der Waals surface area contributed by atoms with E-state index in [0.29, 0.717) is 11.9 Å². The molecule has 4 rings (SSSR count). The Morgan fingerprint density at radius 3 is 2.11 bits per heavy atom. The summed E-state index contributed by atoms with van der Waals surface area (Å²) in [6, 6.07) is 29.3. The third kappa shape index (κ3) is 4.89. The van der Waals surface area contributed by atoms with E-state index in [1.807, 2.05) is 36.0 Å². The summed E-state index contributed by atoms with van der Waals surface area (Å²) in [5.41, 5.74) is 2.69. The van der Waals surface area contributed by atoms with Gasteiger partial charge < -0.3 is 14.8 Å². The first-order valence-electron chi connectivity index (χ1n) is 9.71. The third-order valence-electron chi connectivity index (χ3n) is 4.71. The second-order valence-corrected chi connectivity index (χ2v) is 7.99. The molecule has 0 aromatic heterocycles. The van der Waals surface area contributed by atoms with Crippen LogP contribution >= 0.6 is 11.8 Å². The standard InChI is InChI=1S/C24H25NO2S/c1-3-9-19(10-4-1)24(20-11-5-2-6-12-20)28-16-15-25-17-21-18-26-22-13-7-8-14-23(22)27-21/h1-14,21,24-25H,15-18H2. The van der Waals surface area contributed by atoms with E-state index < -0.39 is 0 Å². The van der Waals surface area contributed by atoms with E-state index in [1.165, 1.54) is 11.1 Å². The molecule has 3 nitrogen and oxygen atoms in total. The van der Waals surface area contributed by atoms with Gasteiger partial charge in [0.25, 0.3) is 0 Å². The minimum absolute atomic E-state index is 0.0546. The first-order chi connectivity index (χ1) is 13.9. The van der Waals surface area contributed by atoms with E-state index in [4.69, 9.17) is 9.47 Å². The molecule has 3 aromatic carbocycles. The van der Waals surface area contributed by atoms with E-state index in [-0.39, 0.29) is 6.10 Å². The topological polar surface area (TPSA) is 30.5 Å². The van der Waals surface area contributed by atoms with Gasteiger partial charge >= 0.3 is 0 Å². The predicted molar refractivity (Wildman–Crippen MR) is 116 cm³/mol. The Kier molecular flexibility index (Phi) is 6.53. The van der Waals surface area contributed by atoms with Crippen LogP contribution in [0.5, 0.6) is 11.5 Å². The van der Waals surface area contributed by atoms with Crippen molar-refractivity contribution >= 4 is 11.8 Å². The zero-order chi connectivity index (χ0) is 19.0. The van der Waals surface area contributed by atoms with E-state index >= 15 is 0 Å². The lowest BCUT2D eigenvalue weighted by Crippen LogP contribution is -2.39. The van der Waals surface area contributed by atoms with Crippen LogP contribution in [0.15, 0.2) is 84.9 Å². The second-order valence-electron chi connectivity index (χ2n) is 6.77. The molecule has 1 aliphatic heterocycles. The smallest absolute Gasteiger partial charge is 0.161 e. The number of rotatable bonds is 8. The van der Waals surface area contributed by atoms with Crippen LogP contribution in [-0.4, -0.2) is 31.6 Å². The summed E-state index contributed by atoms with van der Waals surface area (Å²) in [5, 5.41) is 3.87. The van der Waals surface area contributed by atoms with Gasteiger partial charge in [0.2, 0.25) is 0 Å². The van der Waals surface area contributed by atoms with Crippen molar-refractivity contribution in [3.05, 3.63) is 96.1 Å². The summed E-state index contributed by atoms with van der Waals surface area (Å²) in [5.74, 6) is 2.70. The quantitative estimate of drug-likeness (QED) is 0.551. The summed E-state index contributed by atoms with van der Waals surface area (Å²) in [4.78, 5) is 0. The van der Waals surface area contributed by atoms with Crippen LogP contribution in [0.1, 0.15) is 16.4 Å². The van der Waals surface area contributed by atoms with Gasteiger partial charge in [-0.3, -0.25) is 0 Å². The highest BCUT2D eigenvalue weighted by Crippen LogP contribution is 2.35. The molecule has 1 N–H and O–H groups in total. The van der Waals surface area contributed by atoms with Crippen LogP contribution in [-0.2, 0) is 0 Å². The fourth-order valence-electron chi connectivity index (χ4n) is 3.32. The molecule has 1 heterocycles. The Labute approximate surface area is 171 Å². The fraction of sp³-hybridized carbons (Fsp3) is 0.250. The Bertz CT molecular complexity index is 817. The number of para-hydroxylation sites is 2. The molecular formula is C24H25NO2S. The maximum absolute atomic E-state index is 6.00. The largest absolute Gasteiger partial charge is 0.486 e. The molecule has 0 aliphatic carbocycles. The summed E-state index contributed by atoms with van der Waals surface area (Å²) in [7, 11) is 0. The van der Waals surface area contributed by atoms with Crippen molar-refractivity contribution in [1.82, 2.24) is 5.32 Å². The van der Waals surface area contributed by atoms with Crippen molar-refractivity contribution in [2.75, 3.05) is 25.4 Å². The number of nitrogens with one attached hydrogen (secondary N) is 1. The third-order valence-corrected chi connectivity index (χ3v) is 6.03. The van der Waals surface area contributed by atoms with Crippen LogP contribution in [0.2, 0.25) is 0 Å². The van der Waals surface area contributed by atoms with Gasteiger partial charge in [0.05, 0.1) is 5.25 Å². The van der Waals surface area contributed by atoms with Gasteiger partial charge in [-0.1, -0.05) is 72.8 Å². The number of hydrogen-bond donors (Lipinski definition) is 1. The molecule has 144 valence electrons. The van der Waals surface area contributed by atoms with Gasteiger partial charge in [0, 0.05) is 18.8 Å². The van der Waals surface area contributed by atoms with Crippen molar-refractivity contribution < 1.29 is 9.47 Å². The van der Waals surface area contributed by atoms with E-state index in [9.17, 15) is 0 Å². The molecule has 0 saturated heterocycles. The summed E-state index contributed by atoms with van der Waals surface area (Å²) in [6.07, 6.45) is 0.0546. The molecule has 1 unspecified atom stereocenters. The van der Waals surface area contributed by atoms with E-state index in [0.717, 1.165) is 30.3 Å². The minimum atomic E-state index is 0.0546. The highest BCUT2D eigenvalue weighted by Gasteiger charge is 2.20. The number of thioether (sulfide) groups is 1. The lowest BCUT2D eigenvalue weighted by atomic mass is 10.0. The van der Waals surface area contributed by atoms with Crippen molar-refractivity contribution in [2.24, 2.45) is 0 Å². The van der Waals surface area contributed by atoms with Crippen LogP contribution in [0.4, 0.5) is 0 Å². The highest BCUT2D eigenvalue weighted by atomic mass is 32.2. The van der Waals surface area contributed by atoms with Gasteiger partial charge in [-0.15, -0.1) is 11.8 Å². The second kappa shape index (κ2) is 9.67. The Balaban J connectivity index is 1.26. The molecule has 0 amide bonds. The lowest BCUT2D eigenvalue weighted by Gasteiger charge is -2.26. The van der Waals surface area contributed by atoms with Gasteiger partial charge in [-0.2, -0.15) is 0 Å². The molecule has 0 fully saturated rings. The van der Waals surface area contributed by atoms with E-state index in [2.05, 4.69) is 66.0 Å². The summed E-state index contributed by atoms with van der Waals surface area (Å²) < 4.78 is 11.8. The van der Waals surface area contributed by atoms with Crippen LogP contribution in [0, 0.1) is 0 Å². The van der Waals surface area contributed by atoms with Crippen LogP contribution in [0.3, 0.4) is 0 Å². The molecule has 0 bridgehead atoms. The van der Waals surface area contributed by atoms with E-state index in [1.54, 1.807) is 0 Å². The van der Waals surface area contributed by atoms with Gasteiger partial charge in [0.1, 0.15) is 12.7 Å². The molecule has 1 atom stereocenters. The first-order valence-corrected chi connectivity index (χ1v) is 10.8. The predicted octanol–water partition coefficient (Wildman–Crippen LogP) is 4.94. The lowest BCUT2D eigenvalue weighted by molar-refractivity contribution is 0.0909. The average molecular weight is 392 g/mol. The zero-order valence-corrected chi connectivity index (χ0v) is 16.6. The maximum Gasteiger partial charge on any atom is 0.161 e. The summed E-state index contributed by atoms with van der Waals surface area (Å²) in [6.45, 7) is 2.31. The van der Waals surface area contributed by atoms with Crippen molar-refractivity contribution in [2.45, 2.75) is 11.4 Å². The molecule has 0 radical (unpaired) electrons. The summed E-state index contributed by atoms with van der Waals surface area (Å²) >= 11 is 1.97. The molecule has 0 spiro atoms. The monoisotopic (exact) mass is 391 g/mol. The number of fused-ring (bicyclic) bond motifs is 1. The van der Waals surface area contributed by atoms with Gasteiger partial charge in [-0.25, -0.2) is 0 Å². The average Bonchev–Trinajstić information content (AvgIpc) is 2.77. The highest BCUT2D eigenvalue weighted by molar-refractivity contribution is 7.99. The zero-order valence-electron chi connectivity index (χ0n) is 15.8. The van der Waals surface area contributed by atoms with Crippen molar-refractivity contribution in [3.8, 4) is 11.5 Å². The number of hydrogen-bond acceptors (Lipinski definition) is 4. The Morgan fingerprint density at radius 2 is 1.43 bits per heavy atom. The molecular weight excluding hydrogens is 366 g/mol. The van der Waals surface area contributed by atoms with Crippen LogP contribution < -0.4 is 14.8 Å². The Morgan fingerprint density at radius 1 is 0.821 bits per heavy atom. The van der Waals surface area contributed by atoms with Crippen LogP contribution in [0.25, 0.3) is 0 Å². The van der Waals surface area contributed by atoms with Crippen molar-refractivity contribution in [3.63, 3.8) is 0 Å². The SMILES string of the molecule is c1ccc(C(SCCNCC2COc3ccccc3O2)c2ccccc2)cc1. The molecule has 3 aromatic rings. The fourth-order valence-corrected chi connectivity index (χ4v) is 4.51.